The summed E-state index contributed by atoms with van der Waals surface area (Å²) in [5, 5.41) is 4.09. The second-order valence-electron chi connectivity index (χ2n) is 8.21. The number of aromatic nitrogens is 1. The minimum Gasteiger partial charge on any atom is -0.356 e. The number of rotatable bonds is 6. The fraction of sp³-hybridized carbons (Fsp3) is 0.545. The van der Waals surface area contributed by atoms with Crippen molar-refractivity contribution in [3.8, 4) is 0 Å². The van der Waals surface area contributed by atoms with Gasteiger partial charge in [0.15, 0.2) is 0 Å². The molecule has 0 unspecified atom stereocenters. The molecule has 4 rings (SSSR count). The first-order valence-electron chi connectivity index (χ1n) is 10.9. The van der Waals surface area contributed by atoms with Crippen molar-refractivity contribution in [1.82, 2.24) is 14.6 Å². The predicted molar refractivity (Wildman–Crippen MR) is 119 cm³/mol. The molecule has 0 aliphatic carbocycles. The fourth-order valence-corrected chi connectivity index (χ4v) is 5.91. The van der Waals surface area contributed by atoms with Crippen molar-refractivity contribution in [2.75, 3.05) is 36.8 Å². The van der Waals surface area contributed by atoms with Crippen LogP contribution in [0, 0.1) is 0 Å². The zero-order valence-corrected chi connectivity index (χ0v) is 18.3. The minimum absolute atomic E-state index is 0.0246. The number of hydrogen-bond acceptors (Lipinski definition) is 5. The van der Waals surface area contributed by atoms with Crippen LogP contribution in [0.2, 0.25) is 0 Å². The highest BCUT2D eigenvalue weighted by Crippen LogP contribution is 2.27. The van der Waals surface area contributed by atoms with Crippen LogP contribution in [-0.2, 0) is 10.0 Å². The van der Waals surface area contributed by atoms with Crippen LogP contribution < -0.4 is 10.2 Å². The van der Waals surface area contributed by atoms with E-state index < -0.39 is 10.0 Å². The number of nitrogens with one attached hydrogen (secondary N) is 1. The van der Waals surface area contributed by atoms with E-state index in [-0.39, 0.29) is 17.7 Å². The largest absolute Gasteiger partial charge is 0.356 e. The number of para-hydroxylation sites is 1. The maximum Gasteiger partial charge on any atom is 0.255 e. The van der Waals surface area contributed by atoms with Gasteiger partial charge in [-0.3, -0.25) is 4.79 Å². The van der Waals surface area contributed by atoms with Gasteiger partial charge in [-0.2, -0.15) is 0 Å². The molecule has 7 nitrogen and oxygen atoms in total. The third-order valence-corrected chi connectivity index (χ3v) is 8.07. The lowest BCUT2D eigenvalue weighted by molar-refractivity contribution is 0.0924. The molecule has 2 saturated heterocycles. The maximum atomic E-state index is 13.2. The summed E-state index contributed by atoms with van der Waals surface area (Å²) in [6, 6.07) is 9.78. The topological polar surface area (TPSA) is 82.6 Å². The van der Waals surface area contributed by atoms with Gasteiger partial charge in [0.1, 0.15) is 5.82 Å². The van der Waals surface area contributed by atoms with Gasteiger partial charge in [0.2, 0.25) is 10.0 Å². The molecule has 1 N–H and O–H groups in total. The summed E-state index contributed by atoms with van der Waals surface area (Å²) >= 11 is 0. The number of anilines is 1. The van der Waals surface area contributed by atoms with Gasteiger partial charge in [-0.05, 0) is 44.2 Å². The lowest BCUT2D eigenvalue weighted by atomic mass is 10.1. The molecule has 2 aliphatic rings. The molecule has 0 bridgehead atoms. The molecular weight excluding hydrogens is 400 g/mol. The van der Waals surface area contributed by atoms with Crippen LogP contribution in [0.4, 0.5) is 5.82 Å². The average Bonchev–Trinajstić information content (AvgIpc) is 3.28. The van der Waals surface area contributed by atoms with Crippen molar-refractivity contribution in [3.05, 3.63) is 35.9 Å². The van der Waals surface area contributed by atoms with Crippen molar-refractivity contribution < 1.29 is 13.2 Å². The van der Waals surface area contributed by atoms with Gasteiger partial charge in [-0.15, -0.1) is 0 Å². The number of hydrogen-bond donors (Lipinski definition) is 1. The van der Waals surface area contributed by atoms with E-state index >= 15 is 0 Å². The Hall–Kier alpha value is -2.19. The van der Waals surface area contributed by atoms with Crippen LogP contribution in [0.3, 0.4) is 0 Å². The van der Waals surface area contributed by atoms with E-state index in [1.165, 1.54) is 0 Å². The molecule has 2 aliphatic heterocycles. The van der Waals surface area contributed by atoms with E-state index in [9.17, 15) is 13.2 Å². The number of benzene rings is 1. The fourth-order valence-electron chi connectivity index (χ4n) is 4.37. The van der Waals surface area contributed by atoms with Crippen molar-refractivity contribution >= 4 is 32.7 Å². The highest BCUT2D eigenvalue weighted by Gasteiger charge is 2.29. The third kappa shape index (κ3) is 4.44. The summed E-state index contributed by atoms with van der Waals surface area (Å²) in [6.45, 7) is 4.63. The number of pyridine rings is 1. The zero-order chi connectivity index (χ0) is 21.1. The quantitative estimate of drug-likeness (QED) is 0.762. The summed E-state index contributed by atoms with van der Waals surface area (Å²) in [5.74, 6) is 0.822. The molecule has 2 fully saturated rings. The molecule has 0 atom stereocenters. The second kappa shape index (κ2) is 8.89. The summed E-state index contributed by atoms with van der Waals surface area (Å²) in [7, 11) is -3.18. The Morgan fingerprint density at radius 3 is 2.53 bits per heavy atom. The first-order valence-corrected chi connectivity index (χ1v) is 12.5. The molecule has 30 heavy (non-hydrogen) atoms. The van der Waals surface area contributed by atoms with E-state index in [2.05, 4.69) is 10.2 Å². The van der Waals surface area contributed by atoms with E-state index in [1.54, 1.807) is 4.31 Å². The minimum atomic E-state index is -3.18. The smallest absolute Gasteiger partial charge is 0.255 e. The van der Waals surface area contributed by atoms with Gasteiger partial charge in [0.05, 0.1) is 16.8 Å². The zero-order valence-electron chi connectivity index (χ0n) is 17.5. The number of fused-ring (bicyclic) bond motifs is 1. The lowest BCUT2D eigenvalue weighted by Gasteiger charge is -2.32. The van der Waals surface area contributed by atoms with Crippen LogP contribution in [0.1, 0.15) is 49.4 Å². The van der Waals surface area contributed by atoms with Gasteiger partial charge >= 0.3 is 0 Å². The monoisotopic (exact) mass is 430 g/mol. The van der Waals surface area contributed by atoms with Crippen LogP contribution in [0.5, 0.6) is 0 Å². The SMILES string of the molecule is CCCS(=O)(=O)N1CCC(NC(=O)c2cc3ccccc3nc2N2CCCC2)CC1. The maximum absolute atomic E-state index is 13.2. The number of amides is 1. The molecule has 0 radical (unpaired) electrons. The highest BCUT2D eigenvalue weighted by molar-refractivity contribution is 7.89. The standard InChI is InChI=1S/C22H30N4O3S/c1-2-15-30(28,29)26-13-9-18(10-14-26)23-22(27)19-16-17-7-3-4-8-20(17)24-21(19)25-11-5-6-12-25/h3-4,7-8,16,18H,2,5-6,9-15H2,1H3,(H,23,27). The molecule has 162 valence electrons. The van der Waals surface area contributed by atoms with Crippen LogP contribution in [0.25, 0.3) is 10.9 Å². The summed E-state index contributed by atoms with van der Waals surface area (Å²) < 4.78 is 26.1. The van der Waals surface area contributed by atoms with Gasteiger partial charge < -0.3 is 10.2 Å². The Balaban J connectivity index is 1.50. The summed E-state index contributed by atoms with van der Waals surface area (Å²) in [4.78, 5) is 20.2. The number of sulfonamides is 1. The summed E-state index contributed by atoms with van der Waals surface area (Å²) in [6.07, 6.45) is 4.11. The highest BCUT2D eigenvalue weighted by atomic mass is 32.2. The van der Waals surface area contributed by atoms with Gasteiger partial charge in [0, 0.05) is 37.6 Å². The van der Waals surface area contributed by atoms with Crippen molar-refractivity contribution in [2.45, 2.75) is 45.1 Å². The lowest BCUT2D eigenvalue weighted by Crippen LogP contribution is -2.47. The molecule has 3 heterocycles. The number of carbonyl (C=O) groups is 1. The first kappa shape index (κ1) is 21.1. The van der Waals surface area contributed by atoms with Crippen molar-refractivity contribution in [2.24, 2.45) is 0 Å². The molecule has 0 saturated carbocycles. The molecule has 1 aromatic heterocycles. The summed E-state index contributed by atoms with van der Waals surface area (Å²) in [5.41, 5.74) is 1.50. The van der Waals surface area contributed by atoms with Crippen molar-refractivity contribution in [1.29, 1.82) is 0 Å². The Morgan fingerprint density at radius 1 is 1.13 bits per heavy atom. The first-order chi connectivity index (χ1) is 14.5. The van der Waals surface area contributed by atoms with Crippen LogP contribution >= 0.6 is 0 Å². The Kier molecular flexibility index (Phi) is 6.24. The van der Waals surface area contributed by atoms with E-state index in [0.29, 0.717) is 37.9 Å². The van der Waals surface area contributed by atoms with E-state index in [0.717, 1.165) is 42.7 Å². The Bertz CT molecular complexity index is 1010. The van der Waals surface area contributed by atoms with Gasteiger partial charge in [0.25, 0.3) is 5.91 Å². The van der Waals surface area contributed by atoms with E-state index in [4.69, 9.17) is 4.98 Å². The van der Waals surface area contributed by atoms with E-state index in [1.807, 2.05) is 37.3 Å². The predicted octanol–water partition coefficient (Wildman–Crippen LogP) is 2.77. The third-order valence-electron chi connectivity index (χ3n) is 6.00. The molecule has 1 aromatic carbocycles. The van der Waals surface area contributed by atoms with Crippen molar-refractivity contribution in [3.63, 3.8) is 0 Å². The normalized spacial score (nSPS) is 18.8. The van der Waals surface area contributed by atoms with Crippen LogP contribution in [-0.4, -0.2) is 61.6 Å². The molecule has 8 heteroatoms. The molecule has 2 aromatic rings. The molecular formula is C22H30N4O3S. The number of piperidine rings is 1. The van der Waals surface area contributed by atoms with Crippen LogP contribution in [0.15, 0.2) is 30.3 Å². The number of carbonyl (C=O) groups excluding carboxylic acids is 1. The second-order valence-corrected chi connectivity index (χ2v) is 10.3. The van der Waals surface area contributed by atoms with Gasteiger partial charge in [-0.25, -0.2) is 17.7 Å². The average molecular weight is 431 g/mol. The number of nitrogens with zero attached hydrogens (tertiary/aromatic N) is 3. The Labute approximate surface area is 178 Å². The Morgan fingerprint density at radius 2 is 1.83 bits per heavy atom. The molecule has 0 spiro atoms. The van der Waals surface area contributed by atoms with Gasteiger partial charge in [-0.1, -0.05) is 25.1 Å². The molecule has 1 amide bonds.